The minimum atomic E-state index is -0.148. The molecule has 4 rings (SSSR count). The van der Waals surface area contributed by atoms with Crippen molar-refractivity contribution >= 4 is 21.6 Å². The van der Waals surface area contributed by atoms with Crippen molar-refractivity contribution in [3.8, 4) is 5.69 Å². The van der Waals surface area contributed by atoms with Gasteiger partial charge in [0, 0.05) is 11.9 Å². The highest BCUT2D eigenvalue weighted by Gasteiger charge is 2.49. The van der Waals surface area contributed by atoms with Gasteiger partial charge in [-0.15, -0.1) is 5.10 Å². The Morgan fingerprint density at radius 2 is 2.10 bits per heavy atom. The SMILES string of the molecule is Nc1cccc(-n2cc(C3(n4cc(Br)cn4)CC3)nn2)c1. The molecule has 0 spiro atoms. The summed E-state index contributed by atoms with van der Waals surface area (Å²) in [5.41, 5.74) is 8.22. The number of rotatable bonds is 3. The summed E-state index contributed by atoms with van der Waals surface area (Å²) in [6.07, 6.45) is 7.78. The Morgan fingerprint density at radius 3 is 2.76 bits per heavy atom. The Kier molecular flexibility index (Phi) is 2.65. The molecule has 7 heteroatoms. The molecule has 21 heavy (non-hydrogen) atoms. The highest BCUT2D eigenvalue weighted by atomic mass is 79.9. The predicted molar refractivity (Wildman–Crippen MR) is 82.0 cm³/mol. The zero-order valence-corrected chi connectivity index (χ0v) is 12.7. The highest BCUT2D eigenvalue weighted by molar-refractivity contribution is 9.10. The zero-order chi connectivity index (χ0) is 14.4. The van der Waals surface area contributed by atoms with E-state index in [0.717, 1.165) is 28.7 Å². The third-order valence-corrected chi connectivity index (χ3v) is 4.23. The summed E-state index contributed by atoms with van der Waals surface area (Å²) in [6.45, 7) is 0. The number of benzene rings is 1. The van der Waals surface area contributed by atoms with Crippen LogP contribution in [0.15, 0.2) is 47.3 Å². The van der Waals surface area contributed by atoms with Crippen molar-refractivity contribution in [3.63, 3.8) is 0 Å². The van der Waals surface area contributed by atoms with Crippen LogP contribution in [0.3, 0.4) is 0 Å². The Labute approximate surface area is 129 Å². The van der Waals surface area contributed by atoms with Crippen molar-refractivity contribution < 1.29 is 0 Å². The van der Waals surface area contributed by atoms with E-state index in [-0.39, 0.29) is 5.54 Å². The molecule has 1 aromatic carbocycles. The van der Waals surface area contributed by atoms with Gasteiger partial charge in [-0.3, -0.25) is 4.68 Å². The van der Waals surface area contributed by atoms with Gasteiger partial charge in [-0.05, 0) is 47.0 Å². The van der Waals surface area contributed by atoms with E-state index in [1.165, 1.54) is 0 Å². The van der Waals surface area contributed by atoms with E-state index in [1.807, 2.05) is 41.3 Å². The fraction of sp³-hybridized carbons (Fsp3) is 0.214. The third-order valence-electron chi connectivity index (χ3n) is 3.82. The maximum absolute atomic E-state index is 5.81. The Hall–Kier alpha value is -2.15. The van der Waals surface area contributed by atoms with E-state index in [0.29, 0.717) is 5.69 Å². The molecule has 1 aliphatic rings. The molecule has 1 fully saturated rings. The van der Waals surface area contributed by atoms with Crippen LogP contribution in [-0.2, 0) is 5.54 Å². The van der Waals surface area contributed by atoms with Crippen LogP contribution in [0.5, 0.6) is 0 Å². The molecule has 2 aromatic heterocycles. The highest BCUT2D eigenvalue weighted by Crippen LogP contribution is 2.48. The third kappa shape index (κ3) is 2.04. The van der Waals surface area contributed by atoms with Gasteiger partial charge < -0.3 is 5.73 Å². The molecule has 1 saturated carbocycles. The lowest BCUT2D eigenvalue weighted by atomic mass is 10.2. The molecule has 2 heterocycles. The number of anilines is 1. The van der Waals surface area contributed by atoms with Gasteiger partial charge in [-0.1, -0.05) is 11.3 Å². The second-order valence-electron chi connectivity index (χ2n) is 5.28. The van der Waals surface area contributed by atoms with Crippen LogP contribution in [-0.4, -0.2) is 24.8 Å². The van der Waals surface area contributed by atoms with Gasteiger partial charge in [0.2, 0.25) is 0 Å². The first-order valence-corrected chi connectivity index (χ1v) is 7.46. The fourth-order valence-corrected chi connectivity index (χ4v) is 2.81. The number of aromatic nitrogens is 5. The van der Waals surface area contributed by atoms with Gasteiger partial charge in [0.25, 0.3) is 0 Å². The predicted octanol–water partition coefficient (Wildman–Crippen LogP) is 2.35. The summed E-state index contributed by atoms with van der Waals surface area (Å²) in [5, 5.41) is 13.0. The summed E-state index contributed by atoms with van der Waals surface area (Å²) in [5.74, 6) is 0. The van der Waals surface area contributed by atoms with Crippen molar-refractivity contribution in [1.82, 2.24) is 24.8 Å². The molecule has 0 unspecified atom stereocenters. The Morgan fingerprint density at radius 1 is 1.24 bits per heavy atom. The van der Waals surface area contributed by atoms with Crippen LogP contribution in [0.1, 0.15) is 18.5 Å². The zero-order valence-electron chi connectivity index (χ0n) is 11.1. The van der Waals surface area contributed by atoms with E-state index < -0.39 is 0 Å². The smallest absolute Gasteiger partial charge is 0.111 e. The monoisotopic (exact) mass is 344 g/mol. The van der Waals surface area contributed by atoms with E-state index in [4.69, 9.17) is 5.73 Å². The van der Waals surface area contributed by atoms with Crippen molar-refractivity contribution in [2.45, 2.75) is 18.4 Å². The van der Waals surface area contributed by atoms with Crippen molar-refractivity contribution in [3.05, 3.63) is 53.0 Å². The number of nitrogens with zero attached hydrogens (tertiary/aromatic N) is 5. The maximum Gasteiger partial charge on any atom is 0.111 e. The summed E-state index contributed by atoms with van der Waals surface area (Å²) in [7, 11) is 0. The van der Waals surface area contributed by atoms with Gasteiger partial charge >= 0.3 is 0 Å². The second-order valence-corrected chi connectivity index (χ2v) is 6.19. The summed E-state index contributed by atoms with van der Waals surface area (Å²) in [6, 6.07) is 7.59. The summed E-state index contributed by atoms with van der Waals surface area (Å²) in [4.78, 5) is 0. The molecule has 0 atom stereocenters. The number of hydrogen-bond donors (Lipinski definition) is 1. The minimum Gasteiger partial charge on any atom is -0.399 e. The first-order chi connectivity index (χ1) is 10.2. The fourth-order valence-electron chi connectivity index (χ4n) is 2.53. The molecular weight excluding hydrogens is 332 g/mol. The Bertz CT molecular complexity index is 801. The molecule has 0 amide bonds. The van der Waals surface area contributed by atoms with Crippen molar-refractivity contribution in [2.24, 2.45) is 0 Å². The quantitative estimate of drug-likeness (QED) is 0.740. The number of hydrogen-bond acceptors (Lipinski definition) is 4. The van der Waals surface area contributed by atoms with E-state index >= 15 is 0 Å². The summed E-state index contributed by atoms with van der Waals surface area (Å²) >= 11 is 3.44. The largest absolute Gasteiger partial charge is 0.399 e. The van der Waals surface area contributed by atoms with Crippen LogP contribution in [0, 0.1) is 0 Å². The second kappa shape index (κ2) is 4.42. The molecular formula is C14H13BrN6. The van der Waals surface area contributed by atoms with Crippen LogP contribution in [0.25, 0.3) is 5.69 Å². The first kappa shape index (κ1) is 12.6. The molecule has 106 valence electrons. The average molecular weight is 345 g/mol. The molecule has 3 aromatic rings. The lowest BCUT2D eigenvalue weighted by Gasteiger charge is -2.11. The van der Waals surface area contributed by atoms with Gasteiger partial charge in [-0.25, -0.2) is 4.68 Å². The normalized spacial score (nSPS) is 16.0. The standard InChI is InChI=1S/C14H13BrN6/c15-10-7-17-21(8-10)14(4-5-14)13-9-20(19-18-13)12-3-1-2-11(16)6-12/h1-3,6-9H,4-5,16H2. The minimum absolute atomic E-state index is 0.148. The number of nitrogen functional groups attached to an aromatic ring is 1. The van der Waals surface area contributed by atoms with E-state index in [1.54, 1.807) is 10.9 Å². The number of halogens is 1. The lowest BCUT2D eigenvalue weighted by Crippen LogP contribution is -2.19. The van der Waals surface area contributed by atoms with Crippen molar-refractivity contribution in [1.29, 1.82) is 0 Å². The average Bonchev–Trinajstić information content (AvgIpc) is 2.94. The first-order valence-electron chi connectivity index (χ1n) is 6.67. The lowest BCUT2D eigenvalue weighted by molar-refractivity contribution is 0.493. The molecule has 6 nitrogen and oxygen atoms in total. The van der Waals surface area contributed by atoms with Crippen LogP contribution in [0.4, 0.5) is 5.69 Å². The molecule has 0 radical (unpaired) electrons. The topological polar surface area (TPSA) is 74.5 Å². The van der Waals surface area contributed by atoms with Gasteiger partial charge in [0.15, 0.2) is 0 Å². The number of nitrogens with two attached hydrogens (primary N) is 1. The maximum atomic E-state index is 5.81. The molecule has 2 N–H and O–H groups in total. The molecule has 0 saturated heterocycles. The van der Waals surface area contributed by atoms with Crippen LogP contribution >= 0.6 is 15.9 Å². The van der Waals surface area contributed by atoms with Crippen molar-refractivity contribution in [2.75, 3.05) is 5.73 Å². The molecule has 0 bridgehead atoms. The van der Waals surface area contributed by atoms with Gasteiger partial charge in [-0.2, -0.15) is 5.10 Å². The van der Waals surface area contributed by atoms with Gasteiger partial charge in [0.1, 0.15) is 11.2 Å². The molecule has 0 aliphatic heterocycles. The van der Waals surface area contributed by atoms with Crippen LogP contribution in [0.2, 0.25) is 0 Å². The van der Waals surface area contributed by atoms with E-state index in [9.17, 15) is 0 Å². The van der Waals surface area contributed by atoms with Gasteiger partial charge in [0.05, 0.1) is 22.6 Å². The van der Waals surface area contributed by atoms with Crippen LogP contribution < -0.4 is 5.73 Å². The Balaban J connectivity index is 1.72. The molecule has 1 aliphatic carbocycles. The van der Waals surface area contributed by atoms with E-state index in [2.05, 4.69) is 31.3 Å². The summed E-state index contributed by atoms with van der Waals surface area (Å²) < 4.78 is 4.69.